The fraction of sp³-hybridized carbons (Fsp3) is 0.421. The van der Waals surface area contributed by atoms with Crippen molar-refractivity contribution in [2.75, 3.05) is 0 Å². The van der Waals surface area contributed by atoms with E-state index in [4.69, 9.17) is 0 Å². The van der Waals surface area contributed by atoms with Gasteiger partial charge in [-0.15, -0.1) is 11.3 Å². The van der Waals surface area contributed by atoms with Crippen molar-refractivity contribution in [2.24, 2.45) is 11.8 Å². The molecule has 1 nitrogen and oxygen atoms in total. The van der Waals surface area contributed by atoms with Gasteiger partial charge in [-0.2, -0.15) is 5.26 Å². The van der Waals surface area contributed by atoms with Crippen LogP contribution in [-0.2, 0) is 11.8 Å². The quantitative estimate of drug-likeness (QED) is 0.734. The summed E-state index contributed by atoms with van der Waals surface area (Å²) in [5.41, 5.74) is 3.52. The summed E-state index contributed by atoms with van der Waals surface area (Å²) in [6, 6.07) is 13.6. The molecule has 0 spiro atoms. The van der Waals surface area contributed by atoms with Crippen LogP contribution in [-0.4, -0.2) is 0 Å². The Morgan fingerprint density at radius 3 is 2.52 bits per heavy atom. The van der Waals surface area contributed by atoms with Gasteiger partial charge < -0.3 is 0 Å². The Bertz CT molecular complexity index is 702. The highest BCUT2D eigenvalue weighted by atomic mass is 32.1. The van der Waals surface area contributed by atoms with E-state index in [-0.39, 0.29) is 5.41 Å². The Balaban J connectivity index is 2.10. The number of nitriles is 1. The van der Waals surface area contributed by atoms with Crippen LogP contribution in [0.2, 0.25) is 0 Å². The van der Waals surface area contributed by atoms with E-state index < -0.39 is 0 Å². The summed E-state index contributed by atoms with van der Waals surface area (Å²) in [5.74, 6) is 0.759. The van der Waals surface area contributed by atoms with E-state index in [9.17, 15) is 5.26 Å². The Morgan fingerprint density at radius 1 is 1.29 bits per heavy atom. The first-order chi connectivity index (χ1) is 9.99. The molecule has 1 aromatic heterocycles. The van der Waals surface area contributed by atoms with Crippen molar-refractivity contribution in [3.63, 3.8) is 0 Å². The normalized spacial score (nSPS) is 24.1. The van der Waals surface area contributed by atoms with Gasteiger partial charge in [0.2, 0.25) is 0 Å². The fourth-order valence-corrected chi connectivity index (χ4v) is 5.04. The highest BCUT2D eigenvalue weighted by Gasteiger charge is 2.48. The van der Waals surface area contributed by atoms with Crippen LogP contribution in [0.5, 0.6) is 0 Å². The molecule has 0 amide bonds. The van der Waals surface area contributed by atoms with Crippen molar-refractivity contribution in [3.05, 3.63) is 46.3 Å². The third-order valence-electron chi connectivity index (χ3n) is 4.96. The topological polar surface area (TPSA) is 23.8 Å². The Kier molecular flexibility index (Phi) is 3.42. The molecule has 0 radical (unpaired) electrons. The smallest absolute Gasteiger partial charge is 0.0884 e. The molecular weight excluding hydrogens is 274 g/mol. The first kappa shape index (κ1) is 14.4. The van der Waals surface area contributed by atoms with Gasteiger partial charge >= 0.3 is 0 Å². The lowest BCUT2D eigenvalue weighted by Gasteiger charge is -2.31. The van der Waals surface area contributed by atoms with Crippen molar-refractivity contribution in [1.29, 1.82) is 5.26 Å². The molecule has 3 rings (SSSR count). The number of benzene rings is 1. The predicted octanol–water partition coefficient (Wildman–Crippen LogP) is 5.33. The SMILES string of the molecule is Cc1ccc(-c2cc3c(s2)C[C@@H](C)[C@]3(C#N)C(C)C)cc1. The number of hydrogen-bond donors (Lipinski definition) is 0. The Labute approximate surface area is 131 Å². The van der Waals surface area contributed by atoms with Crippen molar-refractivity contribution < 1.29 is 0 Å². The molecule has 2 heteroatoms. The van der Waals surface area contributed by atoms with Crippen LogP contribution in [0.25, 0.3) is 10.4 Å². The molecule has 0 aliphatic heterocycles. The second-order valence-electron chi connectivity index (χ2n) is 6.55. The van der Waals surface area contributed by atoms with E-state index in [0.717, 1.165) is 6.42 Å². The van der Waals surface area contributed by atoms with E-state index in [1.54, 1.807) is 0 Å². The molecule has 0 fully saturated rings. The Hall–Kier alpha value is -1.59. The lowest BCUT2D eigenvalue weighted by molar-refractivity contribution is 0.302. The number of aryl methyl sites for hydroxylation is 1. The molecule has 2 aromatic rings. The van der Waals surface area contributed by atoms with Crippen LogP contribution in [0.15, 0.2) is 30.3 Å². The van der Waals surface area contributed by atoms with Gasteiger partial charge in [0.25, 0.3) is 0 Å². The van der Waals surface area contributed by atoms with Crippen molar-refractivity contribution >= 4 is 11.3 Å². The number of thiophene rings is 1. The molecule has 1 aliphatic carbocycles. The molecule has 108 valence electrons. The molecule has 1 aromatic carbocycles. The molecule has 1 heterocycles. The molecule has 21 heavy (non-hydrogen) atoms. The lowest BCUT2D eigenvalue weighted by atomic mass is 9.69. The lowest BCUT2D eigenvalue weighted by Crippen LogP contribution is -2.34. The summed E-state index contributed by atoms with van der Waals surface area (Å²) < 4.78 is 0. The zero-order chi connectivity index (χ0) is 15.2. The molecule has 0 unspecified atom stereocenters. The van der Waals surface area contributed by atoms with Crippen LogP contribution in [0.4, 0.5) is 0 Å². The number of rotatable bonds is 2. The largest absolute Gasteiger partial charge is 0.197 e. The standard InChI is InChI=1S/C19H21NS/c1-12(2)19(11-20)14(4)9-18-16(19)10-17(21-18)15-7-5-13(3)6-8-15/h5-8,10,12,14H,9H2,1-4H3/t14-,19+/m1/s1. The van der Waals surface area contributed by atoms with Crippen LogP contribution in [0.1, 0.15) is 36.8 Å². The third kappa shape index (κ3) is 2.03. The van der Waals surface area contributed by atoms with Gasteiger partial charge in [-0.25, -0.2) is 0 Å². The zero-order valence-electron chi connectivity index (χ0n) is 13.1. The van der Waals surface area contributed by atoms with Crippen molar-refractivity contribution in [2.45, 2.75) is 39.5 Å². The molecule has 0 saturated carbocycles. The predicted molar refractivity (Wildman–Crippen MR) is 89.5 cm³/mol. The van der Waals surface area contributed by atoms with E-state index >= 15 is 0 Å². The first-order valence-electron chi connectivity index (χ1n) is 7.60. The Morgan fingerprint density at radius 2 is 1.95 bits per heavy atom. The maximum atomic E-state index is 9.87. The van der Waals surface area contributed by atoms with Crippen LogP contribution in [0, 0.1) is 30.1 Å². The van der Waals surface area contributed by atoms with Crippen LogP contribution in [0.3, 0.4) is 0 Å². The maximum Gasteiger partial charge on any atom is 0.0884 e. The summed E-state index contributed by atoms with van der Waals surface area (Å²) in [6.45, 7) is 8.69. The van der Waals surface area contributed by atoms with Gasteiger partial charge in [-0.3, -0.25) is 0 Å². The van der Waals surface area contributed by atoms with Gasteiger partial charge in [-0.05, 0) is 42.4 Å². The van der Waals surface area contributed by atoms with Crippen molar-refractivity contribution in [1.82, 2.24) is 0 Å². The minimum absolute atomic E-state index is 0.311. The van der Waals surface area contributed by atoms with E-state index in [2.05, 4.69) is 64.1 Å². The second-order valence-corrected chi connectivity index (χ2v) is 7.69. The molecule has 0 saturated heterocycles. The fourth-order valence-electron chi connectivity index (χ4n) is 3.67. The summed E-state index contributed by atoms with van der Waals surface area (Å²) in [7, 11) is 0. The summed E-state index contributed by atoms with van der Waals surface area (Å²) in [6.07, 6.45) is 1.04. The molecular formula is C19H21NS. The van der Waals surface area contributed by atoms with Gasteiger partial charge in [0.1, 0.15) is 0 Å². The van der Waals surface area contributed by atoms with Gasteiger partial charge in [0.15, 0.2) is 0 Å². The average Bonchev–Trinajstić information content (AvgIpc) is 2.95. The number of nitrogens with zero attached hydrogens (tertiary/aromatic N) is 1. The second kappa shape index (κ2) is 5.00. The molecule has 0 N–H and O–H groups in total. The van der Waals surface area contributed by atoms with E-state index in [0.29, 0.717) is 11.8 Å². The van der Waals surface area contributed by atoms with E-state index in [1.807, 2.05) is 11.3 Å². The zero-order valence-corrected chi connectivity index (χ0v) is 13.9. The highest BCUT2D eigenvalue weighted by Crippen LogP contribution is 2.52. The summed E-state index contributed by atoms with van der Waals surface area (Å²) in [5, 5.41) is 9.87. The number of fused-ring (bicyclic) bond motifs is 1. The summed E-state index contributed by atoms with van der Waals surface area (Å²) in [4.78, 5) is 2.71. The third-order valence-corrected chi connectivity index (χ3v) is 6.16. The van der Waals surface area contributed by atoms with Crippen LogP contribution < -0.4 is 0 Å². The summed E-state index contributed by atoms with van der Waals surface area (Å²) >= 11 is 1.87. The highest BCUT2D eigenvalue weighted by molar-refractivity contribution is 7.15. The minimum atomic E-state index is -0.311. The average molecular weight is 295 g/mol. The van der Waals surface area contributed by atoms with Gasteiger partial charge in [-0.1, -0.05) is 50.6 Å². The minimum Gasteiger partial charge on any atom is -0.197 e. The first-order valence-corrected chi connectivity index (χ1v) is 8.42. The maximum absolute atomic E-state index is 9.87. The monoisotopic (exact) mass is 295 g/mol. The van der Waals surface area contributed by atoms with Gasteiger partial charge in [0.05, 0.1) is 11.5 Å². The number of hydrogen-bond acceptors (Lipinski definition) is 2. The van der Waals surface area contributed by atoms with Gasteiger partial charge in [0, 0.05) is 9.75 Å². The van der Waals surface area contributed by atoms with E-state index in [1.165, 1.54) is 26.4 Å². The van der Waals surface area contributed by atoms with Crippen molar-refractivity contribution in [3.8, 4) is 16.5 Å². The van der Waals surface area contributed by atoms with Crippen LogP contribution >= 0.6 is 11.3 Å². The molecule has 0 bridgehead atoms. The molecule has 2 atom stereocenters. The molecule has 1 aliphatic rings.